The Kier molecular flexibility index (Phi) is 41.1. The Hall–Kier alpha value is 2.49. The summed E-state index contributed by atoms with van der Waals surface area (Å²) < 4.78 is 190. The predicted molar refractivity (Wildman–Crippen MR) is 87.3 cm³/mol. The minimum Gasteiger partial charge on any atom is -1.00 e. The first-order valence-corrected chi connectivity index (χ1v) is 12.6. The van der Waals surface area contributed by atoms with Crippen molar-refractivity contribution >= 4 is 62.4 Å². The summed E-state index contributed by atoms with van der Waals surface area (Å²) in [6, 6.07) is 0. The van der Waals surface area contributed by atoms with Crippen LogP contribution in [0.1, 0.15) is 2.85 Å². The summed E-state index contributed by atoms with van der Waals surface area (Å²) in [4.78, 5) is 0. The molecule has 0 bridgehead atoms. The van der Waals surface area contributed by atoms with Crippen molar-refractivity contribution in [3.8, 4) is 0 Å². The summed E-state index contributed by atoms with van der Waals surface area (Å²) in [5.41, 5.74) is 0. The Morgan fingerprint density at radius 1 is 0.250 bits per heavy atom. The molecule has 0 aliphatic heterocycles. The van der Waals surface area contributed by atoms with E-state index in [2.05, 4.69) is 0 Å². The van der Waals surface area contributed by atoms with E-state index >= 15 is 0 Å². The molecule has 0 aromatic rings. The minimum atomic E-state index is -4.67. The number of rotatable bonds is 0. The first-order valence-electron chi connectivity index (χ1n) is 4.19. The monoisotopic (exact) mass is 668 g/mol. The summed E-state index contributed by atoms with van der Waals surface area (Å²) in [5.74, 6) is 0. The zero-order valence-corrected chi connectivity index (χ0v) is 25.9. The van der Waals surface area contributed by atoms with Gasteiger partial charge in [-0.15, -0.1) is 0 Å². The summed E-state index contributed by atoms with van der Waals surface area (Å²) >= 11 is 0. The molecule has 0 atom stereocenters. The van der Waals surface area contributed by atoms with E-state index in [1.165, 1.54) is 0 Å². The molecule has 0 aliphatic carbocycles. The van der Waals surface area contributed by atoms with Crippen LogP contribution in [0.4, 0.5) is 0 Å². The van der Waals surface area contributed by atoms with Crippen LogP contribution in [0.5, 0.6) is 0 Å². The molecule has 0 saturated heterocycles. The molecule has 0 rings (SSSR count). The summed E-state index contributed by atoms with van der Waals surface area (Å²) in [6.45, 7) is 0. The third-order valence-electron chi connectivity index (χ3n) is 0. The molecule has 0 radical (unpaired) electrons. The molecule has 32 heavy (non-hydrogen) atoms. The largest absolute Gasteiger partial charge is 1.00 e. The van der Waals surface area contributed by atoms with Crippen molar-refractivity contribution in [1.82, 2.24) is 0 Å². The fourth-order valence-electron chi connectivity index (χ4n) is 0. The fourth-order valence-corrected chi connectivity index (χ4v) is 0. The molecular weight excluding hydrogens is 655 g/mol. The average Bonchev–Trinajstić information content (AvgIpc) is 1.94. The molecule has 32 heteroatoms. The van der Waals surface area contributed by atoms with Gasteiger partial charge < -0.3 is 2.85 Å². The summed E-state index contributed by atoms with van der Waals surface area (Å²) in [7, 11) is -28.0. The van der Waals surface area contributed by atoms with Crippen molar-refractivity contribution < 1.29 is 211 Å². The molecule has 12 N–H and O–H groups in total. The zero-order chi connectivity index (χ0) is 27.0. The second-order valence-electron chi connectivity index (χ2n) is 2.69. The molecule has 0 aromatic heterocycles. The maximum atomic E-state index is 8.74. The van der Waals surface area contributed by atoms with Crippen LogP contribution in [-0.4, -0.2) is 105 Å². The topological polar surface area (TPSA) is 448 Å². The maximum absolute atomic E-state index is 8.74. The summed E-state index contributed by atoms with van der Waals surface area (Å²) in [6.07, 6.45) is 0. The van der Waals surface area contributed by atoms with Crippen molar-refractivity contribution in [3.63, 3.8) is 0 Å². The van der Waals surface area contributed by atoms with Crippen molar-refractivity contribution in [2.75, 3.05) is 0 Å². The van der Waals surface area contributed by atoms with E-state index in [9.17, 15) is 0 Å². The predicted octanol–water partition coefficient (Wildman–Crippen LogP) is -9.68. The van der Waals surface area contributed by atoms with Gasteiger partial charge in [0.2, 0.25) is 0 Å². The van der Waals surface area contributed by atoms with E-state index in [0.29, 0.717) is 0 Å². The zero-order valence-electron chi connectivity index (χ0n) is 16.7. The molecular formula is H14K2O24S6. The molecule has 0 saturated carbocycles. The van der Waals surface area contributed by atoms with Crippen LogP contribution in [-0.2, 0) is 62.4 Å². The van der Waals surface area contributed by atoms with Gasteiger partial charge in [0.15, 0.2) is 0 Å². The van der Waals surface area contributed by atoms with Crippen LogP contribution in [0.25, 0.3) is 0 Å². The molecule has 0 aromatic carbocycles. The van der Waals surface area contributed by atoms with Gasteiger partial charge in [0, 0.05) is 0 Å². The molecule has 0 fully saturated rings. The Balaban J connectivity index is -0.0000000248. The maximum Gasteiger partial charge on any atom is 1.00 e. The van der Waals surface area contributed by atoms with E-state index in [1.807, 2.05) is 0 Å². The standard InChI is InChI=1S/2K.6H2O4S.2H/c;;6*1-5(2,3)4;;/h;;6*(H2,1,2,3,4);;/q2*+1;;;;;;;2*-1. The van der Waals surface area contributed by atoms with E-state index in [-0.39, 0.29) is 106 Å². The molecule has 0 aliphatic rings. The Labute approximate surface area is 268 Å². The molecule has 0 unspecified atom stereocenters. The fraction of sp³-hybridized carbons (Fsp3) is 0. The molecule has 0 spiro atoms. The van der Waals surface area contributed by atoms with Crippen molar-refractivity contribution in [1.29, 1.82) is 0 Å². The molecule has 0 heterocycles. The van der Waals surface area contributed by atoms with Gasteiger partial charge in [-0.1, -0.05) is 0 Å². The minimum absolute atomic E-state index is 0. The van der Waals surface area contributed by atoms with Crippen LogP contribution in [0, 0.1) is 0 Å². The third-order valence-corrected chi connectivity index (χ3v) is 0. The van der Waals surface area contributed by atoms with Gasteiger partial charge in [-0.25, -0.2) is 0 Å². The van der Waals surface area contributed by atoms with Crippen LogP contribution in [0.3, 0.4) is 0 Å². The van der Waals surface area contributed by atoms with Gasteiger partial charge in [0.05, 0.1) is 0 Å². The van der Waals surface area contributed by atoms with Crippen molar-refractivity contribution in [3.05, 3.63) is 0 Å². The smallest absolute Gasteiger partial charge is 1.00 e. The van der Waals surface area contributed by atoms with E-state index < -0.39 is 62.4 Å². The van der Waals surface area contributed by atoms with Gasteiger partial charge >= 0.3 is 165 Å². The van der Waals surface area contributed by atoms with Crippen molar-refractivity contribution in [2.24, 2.45) is 0 Å². The first-order chi connectivity index (χ1) is 12.0. The second-order valence-corrected chi connectivity index (χ2v) is 8.06. The molecule has 0 amide bonds. The summed E-state index contributed by atoms with van der Waals surface area (Å²) in [5, 5.41) is 0. The van der Waals surface area contributed by atoms with Crippen LogP contribution >= 0.6 is 0 Å². The van der Waals surface area contributed by atoms with Crippen LogP contribution < -0.4 is 103 Å². The molecule has 24 nitrogen and oxygen atoms in total. The van der Waals surface area contributed by atoms with E-state index in [4.69, 9.17) is 105 Å². The average molecular weight is 669 g/mol. The third kappa shape index (κ3) is 5190. The second kappa shape index (κ2) is 23.9. The Morgan fingerprint density at radius 2 is 0.250 bits per heavy atom. The number of hydrogen-bond donors (Lipinski definition) is 12. The number of hydrogen-bond acceptors (Lipinski definition) is 12. The van der Waals surface area contributed by atoms with Gasteiger partial charge in [0.1, 0.15) is 0 Å². The Bertz CT molecular complexity index is 775. The molecule has 196 valence electrons. The van der Waals surface area contributed by atoms with Crippen LogP contribution in [0.15, 0.2) is 0 Å². The van der Waals surface area contributed by atoms with Gasteiger partial charge in [-0.3, -0.25) is 54.6 Å². The van der Waals surface area contributed by atoms with Gasteiger partial charge in [-0.2, -0.15) is 50.5 Å². The van der Waals surface area contributed by atoms with Gasteiger partial charge in [-0.05, 0) is 0 Å². The normalized spacial score (nSPS) is 10.9. The first kappa shape index (κ1) is 55.1. The van der Waals surface area contributed by atoms with Gasteiger partial charge in [0.25, 0.3) is 0 Å². The van der Waals surface area contributed by atoms with Crippen molar-refractivity contribution in [2.45, 2.75) is 0 Å². The van der Waals surface area contributed by atoms with E-state index in [0.717, 1.165) is 0 Å². The Morgan fingerprint density at radius 3 is 0.250 bits per heavy atom. The quantitative estimate of drug-likeness (QED) is 0.0841. The SMILES string of the molecule is O=S(=O)(O)O.O=S(=O)(O)O.O=S(=O)(O)O.O=S(=O)(O)O.O=S(=O)(O)O.O=S(=O)(O)O.[H-].[H-].[K+].[K+]. The van der Waals surface area contributed by atoms with E-state index in [1.54, 1.807) is 0 Å². The van der Waals surface area contributed by atoms with Crippen LogP contribution in [0.2, 0.25) is 0 Å².